The van der Waals surface area contributed by atoms with E-state index in [2.05, 4.69) is 23.1 Å². The average molecular weight is 208 g/mol. The predicted octanol–water partition coefficient (Wildman–Crippen LogP) is 4.35. The molecule has 2 rings (SSSR count). The molecule has 2 nitrogen and oxygen atoms in total. The zero-order chi connectivity index (χ0) is 11.6. The summed E-state index contributed by atoms with van der Waals surface area (Å²) in [6.45, 7) is 0. The second-order valence-corrected chi connectivity index (χ2v) is 2.87. The molecule has 0 spiro atoms. The number of terminal acetylenes is 1. The van der Waals surface area contributed by atoms with Crippen molar-refractivity contribution in [3.05, 3.63) is 60.7 Å². The number of hydrogen-bond acceptors (Lipinski definition) is 2. The monoisotopic (exact) mass is 208 g/mol. The highest BCUT2D eigenvalue weighted by Gasteiger charge is 1.86. The SMILES string of the molecule is C#C.c1ccc(N=Nc2ccccc2)cc1. The smallest absolute Gasteiger partial charge is 0.0857 e. The second-order valence-electron chi connectivity index (χ2n) is 2.87. The molecule has 0 heterocycles. The van der Waals surface area contributed by atoms with Crippen LogP contribution in [0.15, 0.2) is 70.9 Å². The lowest BCUT2D eigenvalue weighted by atomic mass is 10.3. The zero-order valence-corrected chi connectivity index (χ0v) is 8.82. The lowest BCUT2D eigenvalue weighted by Crippen LogP contribution is -1.62. The Labute approximate surface area is 95.7 Å². The van der Waals surface area contributed by atoms with Crippen LogP contribution in [0.4, 0.5) is 11.4 Å². The van der Waals surface area contributed by atoms with Gasteiger partial charge in [-0.05, 0) is 24.3 Å². The maximum atomic E-state index is 4.10. The Morgan fingerprint density at radius 1 is 0.562 bits per heavy atom. The van der Waals surface area contributed by atoms with Crippen LogP contribution in [0.2, 0.25) is 0 Å². The molecule has 0 N–H and O–H groups in total. The van der Waals surface area contributed by atoms with Crippen LogP contribution in [0.5, 0.6) is 0 Å². The van der Waals surface area contributed by atoms with Crippen LogP contribution >= 0.6 is 0 Å². The number of hydrogen-bond donors (Lipinski definition) is 0. The van der Waals surface area contributed by atoms with E-state index in [-0.39, 0.29) is 0 Å². The van der Waals surface area contributed by atoms with Crippen molar-refractivity contribution in [2.45, 2.75) is 0 Å². The molecule has 0 aliphatic rings. The molecule has 0 saturated carbocycles. The Bertz CT molecular complexity index is 402. The van der Waals surface area contributed by atoms with Gasteiger partial charge in [-0.3, -0.25) is 0 Å². The van der Waals surface area contributed by atoms with Crippen molar-refractivity contribution in [1.82, 2.24) is 0 Å². The van der Waals surface area contributed by atoms with Crippen LogP contribution in [0, 0.1) is 12.8 Å². The van der Waals surface area contributed by atoms with E-state index in [1.807, 2.05) is 60.7 Å². The Balaban J connectivity index is 0.000000606. The molecule has 0 amide bonds. The van der Waals surface area contributed by atoms with E-state index in [1.165, 1.54) is 0 Å². The first kappa shape index (κ1) is 11.7. The van der Waals surface area contributed by atoms with E-state index in [0.717, 1.165) is 11.4 Å². The van der Waals surface area contributed by atoms with Gasteiger partial charge in [-0.25, -0.2) is 0 Å². The van der Waals surface area contributed by atoms with Gasteiger partial charge >= 0.3 is 0 Å². The minimum atomic E-state index is 0.872. The van der Waals surface area contributed by atoms with Crippen LogP contribution in [0.3, 0.4) is 0 Å². The molecular formula is C14H12N2. The van der Waals surface area contributed by atoms with Crippen LogP contribution < -0.4 is 0 Å². The summed E-state index contributed by atoms with van der Waals surface area (Å²) in [4.78, 5) is 0. The summed E-state index contributed by atoms with van der Waals surface area (Å²) in [5, 5.41) is 8.20. The first-order valence-electron chi connectivity index (χ1n) is 4.80. The standard InChI is InChI=1S/C12H10N2.C2H2/c1-3-7-11(8-4-1)13-14-12-9-5-2-6-10-12;1-2/h1-10H;1-2H. The Morgan fingerprint density at radius 3 is 1.19 bits per heavy atom. The van der Waals surface area contributed by atoms with Gasteiger partial charge in [0.05, 0.1) is 11.4 Å². The molecule has 0 aliphatic carbocycles. The zero-order valence-electron chi connectivity index (χ0n) is 8.82. The van der Waals surface area contributed by atoms with Crippen LogP contribution in [-0.4, -0.2) is 0 Å². The van der Waals surface area contributed by atoms with Crippen molar-refractivity contribution in [3.8, 4) is 12.8 Å². The molecular weight excluding hydrogens is 196 g/mol. The quantitative estimate of drug-likeness (QED) is 0.517. The molecule has 2 aromatic carbocycles. The van der Waals surface area contributed by atoms with Gasteiger partial charge in [-0.1, -0.05) is 36.4 Å². The fourth-order valence-corrected chi connectivity index (χ4v) is 1.10. The molecule has 0 radical (unpaired) electrons. The van der Waals surface area contributed by atoms with E-state index in [9.17, 15) is 0 Å². The largest absolute Gasteiger partial charge is 0.151 e. The topological polar surface area (TPSA) is 24.7 Å². The minimum Gasteiger partial charge on any atom is -0.151 e. The fraction of sp³-hybridized carbons (Fsp3) is 0. The van der Waals surface area contributed by atoms with Gasteiger partial charge in [-0.15, -0.1) is 12.8 Å². The van der Waals surface area contributed by atoms with E-state index in [0.29, 0.717) is 0 Å². The third-order valence-corrected chi connectivity index (χ3v) is 1.79. The molecule has 16 heavy (non-hydrogen) atoms. The van der Waals surface area contributed by atoms with Crippen molar-refractivity contribution in [3.63, 3.8) is 0 Å². The molecule has 78 valence electrons. The number of nitrogens with zero attached hydrogens (tertiary/aromatic N) is 2. The summed E-state index contributed by atoms with van der Waals surface area (Å²) in [6, 6.07) is 19.4. The van der Waals surface area contributed by atoms with Crippen molar-refractivity contribution in [2.24, 2.45) is 10.2 Å². The first-order valence-corrected chi connectivity index (χ1v) is 4.80. The van der Waals surface area contributed by atoms with Crippen LogP contribution in [0.25, 0.3) is 0 Å². The summed E-state index contributed by atoms with van der Waals surface area (Å²) in [5.74, 6) is 0. The maximum absolute atomic E-state index is 4.10. The van der Waals surface area contributed by atoms with E-state index < -0.39 is 0 Å². The van der Waals surface area contributed by atoms with Gasteiger partial charge in [0.15, 0.2) is 0 Å². The van der Waals surface area contributed by atoms with Crippen molar-refractivity contribution in [1.29, 1.82) is 0 Å². The normalized spacial score (nSPS) is 9.38. The van der Waals surface area contributed by atoms with Gasteiger partial charge in [0.25, 0.3) is 0 Å². The highest BCUT2D eigenvalue weighted by molar-refractivity contribution is 5.39. The lowest BCUT2D eigenvalue weighted by molar-refractivity contribution is 1.23. The van der Waals surface area contributed by atoms with E-state index in [4.69, 9.17) is 0 Å². The van der Waals surface area contributed by atoms with E-state index in [1.54, 1.807) is 0 Å². The molecule has 0 aliphatic heterocycles. The Kier molecular flexibility index (Phi) is 5.08. The number of benzene rings is 2. The summed E-state index contributed by atoms with van der Waals surface area (Å²) in [5.41, 5.74) is 1.74. The molecule has 0 aromatic heterocycles. The first-order chi connectivity index (χ1) is 7.95. The molecule has 0 unspecified atom stereocenters. The Morgan fingerprint density at radius 2 is 0.875 bits per heavy atom. The average Bonchev–Trinajstić information content (AvgIpc) is 2.41. The second kappa shape index (κ2) is 6.97. The van der Waals surface area contributed by atoms with Crippen molar-refractivity contribution in [2.75, 3.05) is 0 Å². The lowest BCUT2D eigenvalue weighted by Gasteiger charge is -1.91. The van der Waals surface area contributed by atoms with Gasteiger partial charge in [0.1, 0.15) is 0 Å². The van der Waals surface area contributed by atoms with Gasteiger partial charge in [0.2, 0.25) is 0 Å². The molecule has 2 heteroatoms. The third-order valence-electron chi connectivity index (χ3n) is 1.79. The third kappa shape index (κ3) is 3.77. The molecule has 0 saturated heterocycles. The van der Waals surface area contributed by atoms with Gasteiger partial charge in [-0.2, -0.15) is 10.2 Å². The Hall–Kier alpha value is -2.40. The molecule has 2 aromatic rings. The molecule has 0 bridgehead atoms. The minimum absolute atomic E-state index is 0.872. The highest BCUT2D eigenvalue weighted by Crippen LogP contribution is 2.16. The van der Waals surface area contributed by atoms with Crippen LogP contribution in [0.1, 0.15) is 0 Å². The van der Waals surface area contributed by atoms with Crippen molar-refractivity contribution >= 4 is 11.4 Å². The fourth-order valence-electron chi connectivity index (χ4n) is 1.10. The summed E-state index contributed by atoms with van der Waals surface area (Å²) in [7, 11) is 0. The predicted molar refractivity (Wildman–Crippen MR) is 67.0 cm³/mol. The summed E-state index contributed by atoms with van der Waals surface area (Å²) >= 11 is 0. The summed E-state index contributed by atoms with van der Waals surface area (Å²) in [6.07, 6.45) is 8.00. The number of rotatable bonds is 2. The summed E-state index contributed by atoms with van der Waals surface area (Å²) < 4.78 is 0. The molecule has 0 atom stereocenters. The van der Waals surface area contributed by atoms with Crippen LogP contribution in [-0.2, 0) is 0 Å². The van der Waals surface area contributed by atoms with Crippen molar-refractivity contribution < 1.29 is 0 Å². The highest BCUT2D eigenvalue weighted by atomic mass is 15.1. The van der Waals surface area contributed by atoms with Gasteiger partial charge < -0.3 is 0 Å². The number of azo groups is 1. The van der Waals surface area contributed by atoms with Gasteiger partial charge in [0, 0.05) is 0 Å². The molecule has 0 fully saturated rings. The maximum Gasteiger partial charge on any atom is 0.0857 e. The van der Waals surface area contributed by atoms with E-state index >= 15 is 0 Å².